The molecule has 0 radical (unpaired) electrons. The second-order valence-electron chi connectivity index (χ2n) is 6.79. The number of rotatable bonds is 4. The van der Waals surface area contributed by atoms with Gasteiger partial charge in [-0.1, -0.05) is 18.2 Å². The van der Waals surface area contributed by atoms with Crippen LogP contribution in [0.15, 0.2) is 42.5 Å². The minimum atomic E-state index is -0.680. The Morgan fingerprint density at radius 3 is 2.48 bits per heavy atom. The first kappa shape index (κ1) is 19.1. The number of piperazine rings is 1. The number of urea groups is 1. The van der Waals surface area contributed by atoms with Crippen molar-refractivity contribution in [2.24, 2.45) is 0 Å². The fourth-order valence-corrected chi connectivity index (χ4v) is 3.19. The summed E-state index contributed by atoms with van der Waals surface area (Å²) in [7, 11) is 2.09. The lowest BCUT2D eigenvalue weighted by Gasteiger charge is -2.35. The van der Waals surface area contributed by atoms with Crippen LogP contribution in [0.25, 0.3) is 0 Å². The monoisotopic (exact) mass is 374 g/mol. The number of likely N-dealkylation sites (N-methyl/N-ethyl adjacent to an activating group) is 1. The van der Waals surface area contributed by atoms with Gasteiger partial charge in [0, 0.05) is 37.8 Å². The minimum Gasteiger partial charge on any atom is -0.367 e. The fourth-order valence-electron chi connectivity index (χ4n) is 3.19. The highest BCUT2D eigenvalue weighted by atomic mass is 19.1. The van der Waals surface area contributed by atoms with Gasteiger partial charge in [-0.05, 0) is 32.2 Å². The van der Waals surface area contributed by atoms with Gasteiger partial charge in [-0.15, -0.1) is 0 Å². The Hall–Kier alpha value is -2.67. The number of nitrogens with zero attached hydrogens (tertiary/aromatic N) is 2. The summed E-state index contributed by atoms with van der Waals surface area (Å²) < 4.78 is 27.0. The van der Waals surface area contributed by atoms with Gasteiger partial charge in [-0.2, -0.15) is 0 Å². The molecule has 2 N–H and O–H groups in total. The molecule has 1 heterocycles. The Morgan fingerprint density at radius 2 is 1.78 bits per heavy atom. The molecule has 0 aliphatic carbocycles. The van der Waals surface area contributed by atoms with Gasteiger partial charge in [0.2, 0.25) is 0 Å². The van der Waals surface area contributed by atoms with Gasteiger partial charge in [0.05, 0.1) is 17.4 Å². The standard InChI is InChI=1S/C20H24F2N4O/c1-14(16-8-7-15(21)13-17(16)22)23-20(27)24-18-5-3-4-6-19(18)26-11-9-25(2)10-12-26/h3-8,13-14H,9-12H2,1-2H3,(H2,23,24,27). The van der Waals surface area contributed by atoms with Gasteiger partial charge in [0.1, 0.15) is 11.6 Å². The molecule has 2 amide bonds. The molecule has 1 aliphatic heterocycles. The molecule has 1 atom stereocenters. The molecule has 1 unspecified atom stereocenters. The van der Waals surface area contributed by atoms with Crippen LogP contribution >= 0.6 is 0 Å². The van der Waals surface area contributed by atoms with Crippen molar-refractivity contribution in [2.75, 3.05) is 43.4 Å². The first-order chi connectivity index (χ1) is 12.9. The third kappa shape index (κ3) is 4.74. The maximum atomic E-state index is 13.9. The van der Waals surface area contributed by atoms with E-state index >= 15 is 0 Å². The molecule has 144 valence electrons. The van der Waals surface area contributed by atoms with Gasteiger partial charge >= 0.3 is 6.03 Å². The summed E-state index contributed by atoms with van der Waals surface area (Å²) in [4.78, 5) is 16.9. The second-order valence-corrected chi connectivity index (χ2v) is 6.79. The zero-order valence-corrected chi connectivity index (χ0v) is 15.5. The number of halogens is 2. The highest BCUT2D eigenvalue weighted by molar-refractivity contribution is 5.93. The van der Waals surface area contributed by atoms with Gasteiger partial charge in [0.25, 0.3) is 0 Å². The zero-order valence-electron chi connectivity index (χ0n) is 15.5. The van der Waals surface area contributed by atoms with Crippen molar-refractivity contribution in [1.82, 2.24) is 10.2 Å². The van der Waals surface area contributed by atoms with E-state index in [-0.39, 0.29) is 5.56 Å². The van der Waals surface area contributed by atoms with E-state index in [4.69, 9.17) is 0 Å². The summed E-state index contributed by atoms with van der Waals surface area (Å²) in [6.45, 7) is 5.34. The van der Waals surface area contributed by atoms with Crippen molar-refractivity contribution < 1.29 is 13.6 Å². The smallest absolute Gasteiger partial charge is 0.319 e. The Balaban J connectivity index is 1.67. The second kappa shape index (κ2) is 8.35. The first-order valence-corrected chi connectivity index (χ1v) is 8.99. The van der Waals surface area contributed by atoms with Crippen LogP contribution in [0.5, 0.6) is 0 Å². The molecular formula is C20H24F2N4O. The van der Waals surface area contributed by atoms with E-state index in [0.29, 0.717) is 5.69 Å². The number of anilines is 2. The minimum absolute atomic E-state index is 0.235. The van der Waals surface area contributed by atoms with E-state index < -0.39 is 23.7 Å². The van der Waals surface area contributed by atoms with Crippen molar-refractivity contribution in [2.45, 2.75) is 13.0 Å². The molecule has 5 nitrogen and oxygen atoms in total. The van der Waals surface area contributed by atoms with Crippen molar-refractivity contribution in [3.8, 4) is 0 Å². The Morgan fingerprint density at radius 1 is 1.07 bits per heavy atom. The van der Waals surface area contributed by atoms with Crippen LogP contribution in [0.3, 0.4) is 0 Å². The third-order valence-corrected chi connectivity index (χ3v) is 4.77. The SMILES string of the molecule is CC(NC(=O)Nc1ccccc1N1CCN(C)CC1)c1ccc(F)cc1F. The number of hydrogen-bond acceptors (Lipinski definition) is 3. The van der Waals surface area contributed by atoms with E-state index in [1.54, 1.807) is 6.92 Å². The number of benzene rings is 2. The Labute approximate surface area is 158 Å². The molecule has 0 spiro atoms. The summed E-state index contributed by atoms with van der Waals surface area (Å²) in [6, 6.07) is 9.92. The Kier molecular flexibility index (Phi) is 5.91. The molecule has 1 aliphatic rings. The maximum Gasteiger partial charge on any atom is 0.319 e. The average Bonchev–Trinajstić information content (AvgIpc) is 2.62. The van der Waals surface area contributed by atoms with Crippen LogP contribution in [0, 0.1) is 11.6 Å². The first-order valence-electron chi connectivity index (χ1n) is 8.99. The number of carbonyl (C=O) groups is 1. The van der Waals surface area contributed by atoms with E-state index in [0.717, 1.165) is 37.9 Å². The molecule has 0 saturated carbocycles. The lowest BCUT2D eigenvalue weighted by molar-refractivity contribution is 0.249. The van der Waals surface area contributed by atoms with Crippen LogP contribution in [0.2, 0.25) is 0 Å². The summed E-state index contributed by atoms with van der Waals surface area (Å²) >= 11 is 0. The largest absolute Gasteiger partial charge is 0.367 e. The van der Waals surface area contributed by atoms with Crippen molar-refractivity contribution >= 4 is 17.4 Å². The van der Waals surface area contributed by atoms with Crippen LogP contribution in [0.4, 0.5) is 25.0 Å². The number of carbonyl (C=O) groups excluding carboxylic acids is 1. The molecule has 2 aromatic carbocycles. The summed E-state index contributed by atoms with van der Waals surface area (Å²) in [5.74, 6) is -1.32. The lowest BCUT2D eigenvalue weighted by atomic mass is 10.1. The molecule has 0 aromatic heterocycles. The highest BCUT2D eigenvalue weighted by Gasteiger charge is 2.19. The molecular weight excluding hydrogens is 350 g/mol. The molecule has 0 bridgehead atoms. The predicted molar refractivity (Wildman–Crippen MR) is 103 cm³/mol. The predicted octanol–water partition coefficient (Wildman–Crippen LogP) is 3.60. The van der Waals surface area contributed by atoms with Gasteiger partial charge < -0.3 is 20.4 Å². The molecule has 2 aromatic rings. The molecule has 3 rings (SSSR count). The zero-order chi connectivity index (χ0) is 19.4. The third-order valence-electron chi connectivity index (χ3n) is 4.77. The van der Waals surface area contributed by atoms with E-state index in [2.05, 4.69) is 27.5 Å². The molecule has 27 heavy (non-hydrogen) atoms. The topological polar surface area (TPSA) is 47.6 Å². The van der Waals surface area contributed by atoms with E-state index in [9.17, 15) is 13.6 Å². The van der Waals surface area contributed by atoms with Gasteiger partial charge in [-0.25, -0.2) is 13.6 Å². The van der Waals surface area contributed by atoms with Crippen molar-refractivity contribution in [3.63, 3.8) is 0 Å². The summed E-state index contributed by atoms with van der Waals surface area (Å²) in [6.07, 6.45) is 0. The lowest BCUT2D eigenvalue weighted by Crippen LogP contribution is -2.44. The van der Waals surface area contributed by atoms with Crippen LogP contribution in [0.1, 0.15) is 18.5 Å². The summed E-state index contributed by atoms with van der Waals surface area (Å²) in [5.41, 5.74) is 1.89. The van der Waals surface area contributed by atoms with Crippen molar-refractivity contribution in [3.05, 3.63) is 59.7 Å². The van der Waals surface area contributed by atoms with E-state index in [1.807, 2.05) is 24.3 Å². The number of nitrogens with one attached hydrogen (secondary N) is 2. The Bertz CT molecular complexity index is 806. The fraction of sp³-hybridized carbons (Fsp3) is 0.350. The maximum absolute atomic E-state index is 13.9. The van der Waals surface area contributed by atoms with Gasteiger partial charge in [-0.3, -0.25) is 0 Å². The van der Waals surface area contributed by atoms with Gasteiger partial charge in [0.15, 0.2) is 0 Å². The average molecular weight is 374 g/mol. The molecule has 1 saturated heterocycles. The van der Waals surface area contributed by atoms with E-state index in [1.165, 1.54) is 12.1 Å². The van der Waals surface area contributed by atoms with Crippen molar-refractivity contribution in [1.29, 1.82) is 0 Å². The van der Waals surface area contributed by atoms with Crippen LogP contribution in [-0.2, 0) is 0 Å². The number of hydrogen-bond donors (Lipinski definition) is 2. The normalized spacial score (nSPS) is 16.1. The molecule has 7 heteroatoms. The number of para-hydroxylation sites is 2. The molecule has 1 fully saturated rings. The number of amides is 2. The van der Waals surface area contributed by atoms with Crippen LogP contribution in [-0.4, -0.2) is 44.2 Å². The summed E-state index contributed by atoms with van der Waals surface area (Å²) in [5, 5.41) is 5.55. The van der Waals surface area contributed by atoms with Crippen LogP contribution < -0.4 is 15.5 Å². The highest BCUT2D eigenvalue weighted by Crippen LogP contribution is 2.26. The quantitative estimate of drug-likeness (QED) is 0.860.